The lowest BCUT2D eigenvalue weighted by Crippen LogP contribution is -2.11. The molecule has 0 N–H and O–H groups in total. The third kappa shape index (κ3) is 2.73. The molecule has 5 heteroatoms. The summed E-state index contributed by atoms with van der Waals surface area (Å²) in [5, 5.41) is 0.564. The summed E-state index contributed by atoms with van der Waals surface area (Å²) in [6.07, 6.45) is 0. The van der Waals surface area contributed by atoms with Crippen LogP contribution in [0.3, 0.4) is 0 Å². The Labute approximate surface area is 133 Å². The first kappa shape index (κ1) is 15.4. The standard InChI is InChI=1S/C15H14Cl3NO/c1-8-6-12(15(20)9(2)16)10(3)19(8)14-5-4-11(17)7-13(14)18/h4-7,9H,1-3H3. The van der Waals surface area contributed by atoms with Crippen molar-refractivity contribution in [2.24, 2.45) is 0 Å². The van der Waals surface area contributed by atoms with E-state index in [0.29, 0.717) is 15.6 Å². The Morgan fingerprint density at radius 3 is 2.40 bits per heavy atom. The van der Waals surface area contributed by atoms with Crippen LogP contribution >= 0.6 is 34.8 Å². The van der Waals surface area contributed by atoms with Crippen LogP contribution in [0.25, 0.3) is 5.69 Å². The van der Waals surface area contributed by atoms with Gasteiger partial charge in [0.25, 0.3) is 0 Å². The maximum Gasteiger partial charge on any atom is 0.182 e. The number of rotatable bonds is 3. The van der Waals surface area contributed by atoms with Gasteiger partial charge in [-0.1, -0.05) is 23.2 Å². The fraction of sp³-hybridized carbons (Fsp3) is 0.267. The molecule has 0 aliphatic heterocycles. The van der Waals surface area contributed by atoms with Crippen LogP contribution < -0.4 is 0 Å². The van der Waals surface area contributed by atoms with Crippen LogP contribution in [0, 0.1) is 13.8 Å². The van der Waals surface area contributed by atoms with Gasteiger partial charge in [-0.05, 0) is 45.0 Å². The van der Waals surface area contributed by atoms with Gasteiger partial charge >= 0.3 is 0 Å². The van der Waals surface area contributed by atoms with Crippen LogP contribution in [0.4, 0.5) is 0 Å². The molecular weight excluding hydrogens is 317 g/mol. The molecule has 1 unspecified atom stereocenters. The molecular formula is C15H14Cl3NO. The topological polar surface area (TPSA) is 22.0 Å². The molecule has 0 spiro atoms. The molecule has 20 heavy (non-hydrogen) atoms. The largest absolute Gasteiger partial charge is 0.316 e. The van der Waals surface area contributed by atoms with Gasteiger partial charge in [0.05, 0.1) is 16.1 Å². The number of carbonyl (C=O) groups is 1. The number of aromatic nitrogens is 1. The van der Waals surface area contributed by atoms with Crippen molar-refractivity contribution in [3.05, 3.63) is 51.3 Å². The van der Waals surface area contributed by atoms with Crippen molar-refractivity contribution in [1.29, 1.82) is 0 Å². The summed E-state index contributed by atoms with van der Waals surface area (Å²) in [6, 6.07) is 7.13. The number of nitrogens with zero attached hydrogens (tertiary/aromatic N) is 1. The van der Waals surface area contributed by atoms with Gasteiger partial charge in [0.15, 0.2) is 5.78 Å². The van der Waals surface area contributed by atoms with E-state index in [1.165, 1.54) is 0 Å². The molecule has 0 bridgehead atoms. The lowest BCUT2D eigenvalue weighted by atomic mass is 10.1. The zero-order valence-electron chi connectivity index (χ0n) is 11.4. The summed E-state index contributed by atoms with van der Waals surface area (Å²) in [4.78, 5) is 12.1. The number of benzene rings is 1. The molecule has 0 amide bonds. The van der Waals surface area contributed by atoms with Crippen molar-refractivity contribution in [1.82, 2.24) is 4.57 Å². The number of halogens is 3. The van der Waals surface area contributed by atoms with Gasteiger partial charge in [-0.2, -0.15) is 0 Å². The van der Waals surface area contributed by atoms with Crippen LogP contribution in [0.1, 0.15) is 28.7 Å². The van der Waals surface area contributed by atoms with E-state index in [2.05, 4.69) is 0 Å². The highest BCUT2D eigenvalue weighted by Gasteiger charge is 2.20. The summed E-state index contributed by atoms with van der Waals surface area (Å²) in [6.45, 7) is 5.48. The third-order valence-corrected chi connectivity index (χ3v) is 3.94. The molecule has 106 valence electrons. The summed E-state index contributed by atoms with van der Waals surface area (Å²) in [7, 11) is 0. The van der Waals surface area contributed by atoms with Gasteiger partial charge in [-0.15, -0.1) is 11.6 Å². The van der Waals surface area contributed by atoms with E-state index in [1.807, 2.05) is 30.5 Å². The maximum atomic E-state index is 12.1. The molecule has 2 aromatic rings. The number of alkyl halides is 1. The smallest absolute Gasteiger partial charge is 0.182 e. The SMILES string of the molecule is Cc1cc(C(=O)C(C)Cl)c(C)n1-c1ccc(Cl)cc1Cl. The summed E-state index contributed by atoms with van der Waals surface area (Å²) < 4.78 is 1.94. The molecule has 1 heterocycles. The molecule has 1 aromatic heterocycles. The zero-order valence-corrected chi connectivity index (χ0v) is 13.6. The highest BCUT2D eigenvalue weighted by Crippen LogP contribution is 2.29. The van der Waals surface area contributed by atoms with E-state index >= 15 is 0 Å². The van der Waals surface area contributed by atoms with E-state index in [4.69, 9.17) is 34.8 Å². The van der Waals surface area contributed by atoms with Crippen LogP contribution in [0.5, 0.6) is 0 Å². The molecule has 0 saturated heterocycles. The number of carbonyl (C=O) groups excluding carboxylic acids is 1. The molecule has 0 saturated carbocycles. The van der Waals surface area contributed by atoms with Crippen LogP contribution in [-0.2, 0) is 0 Å². The van der Waals surface area contributed by atoms with Gasteiger partial charge in [0, 0.05) is 22.0 Å². The highest BCUT2D eigenvalue weighted by atomic mass is 35.5. The molecule has 2 rings (SSSR count). The number of Topliss-reactive ketones (excluding diaryl/α,β-unsaturated/α-hetero) is 1. The number of hydrogen-bond donors (Lipinski definition) is 0. The van der Waals surface area contributed by atoms with Crippen molar-refractivity contribution in [3.63, 3.8) is 0 Å². The Balaban J connectivity index is 2.61. The first-order valence-electron chi connectivity index (χ1n) is 6.15. The predicted octanol–water partition coefficient (Wildman–Crippen LogP) is 5.21. The molecule has 0 aliphatic carbocycles. The van der Waals surface area contributed by atoms with E-state index in [0.717, 1.165) is 17.1 Å². The molecule has 1 aromatic carbocycles. The maximum absolute atomic E-state index is 12.1. The first-order valence-corrected chi connectivity index (χ1v) is 7.34. The lowest BCUT2D eigenvalue weighted by molar-refractivity contribution is 0.0991. The monoisotopic (exact) mass is 329 g/mol. The predicted molar refractivity (Wildman–Crippen MR) is 84.9 cm³/mol. The fourth-order valence-electron chi connectivity index (χ4n) is 2.26. The summed E-state index contributed by atoms with van der Waals surface area (Å²) in [5.41, 5.74) is 3.17. The van der Waals surface area contributed by atoms with Crippen molar-refractivity contribution in [2.45, 2.75) is 26.1 Å². The Kier molecular flexibility index (Phi) is 4.48. The molecule has 1 atom stereocenters. The van der Waals surface area contributed by atoms with Crippen molar-refractivity contribution in [2.75, 3.05) is 0 Å². The van der Waals surface area contributed by atoms with E-state index < -0.39 is 5.38 Å². The molecule has 0 fully saturated rings. The van der Waals surface area contributed by atoms with Gasteiger partial charge < -0.3 is 4.57 Å². The average molecular weight is 331 g/mol. The van der Waals surface area contributed by atoms with Crippen LogP contribution in [0.15, 0.2) is 24.3 Å². The number of aryl methyl sites for hydroxylation is 1. The van der Waals surface area contributed by atoms with Crippen LogP contribution in [-0.4, -0.2) is 15.7 Å². The number of hydrogen-bond acceptors (Lipinski definition) is 1. The van der Waals surface area contributed by atoms with Crippen molar-refractivity contribution >= 4 is 40.6 Å². The Morgan fingerprint density at radius 1 is 1.20 bits per heavy atom. The molecule has 0 radical (unpaired) electrons. The Morgan fingerprint density at radius 2 is 1.85 bits per heavy atom. The Hall–Kier alpha value is -0.960. The Bertz CT molecular complexity index is 674. The highest BCUT2D eigenvalue weighted by molar-refractivity contribution is 6.36. The lowest BCUT2D eigenvalue weighted by Gasteiger charge is -2.12. The minimum atomic E-state index is -0.551. The minimum absolute atomic E-state index is 0.0869. The summed E-state index contributed by atoms with van der Waals surface area (Å²) in [5.74, 6) is -0.0869. The second-order valence-corrected chi connectivity index (χ2v) is 6.19. The first-order chi connectivity index (χ1) is 9.32. The van der Waals surface area contributed by atoms with Gasteiger partial charge in [0.1, 0.15) is 0 Å². The van der Waals surface area contributed by atoms with Gasteiger partial charge in [0.2, 0.25) is 0 Å². The van der Waals surface area contributed by atoms with Crippen molar-refractivity contribution < 1.29 is 4.79 Å². The van der Waals surface area contributed by atoms with E-state index in [9.17, 15) is 4.79 Å². The third-order valence-electron chi connectivity index (χ3n) is 3.21. The van der Waals surface area contributed by atoms with E-state index in [-0.39, 0.29) is 5.78 Å². The minimum Gasteiger partial charge on any atom is -0.316 e. The zero-order chi connectivity index (χ0) is 15.0. The van der Waals surface area contributed by atoms with Crippen LogP contribution in [0.2, 0.25) is 10.0 Å². The quantitative estimate of drug-likeness (QED) is 0.559. The van der Waals surface area contributed by atoms with Crippen molar-refractivity contribution in [3.8, 4) is 5.69 Å². The summed E-state index contributed by atoms with van der Waals surface area (Å²) >= 11 is 18.1. The fourth-order valence-corrected chi connectivity index (χ4v) is 2.87. The average Bonchev–Trinajstić information content (AvgIpc) is 2.65. The second-order valence-electron chi connectivity index (χ2n) is 4.70. The normalized spacial score (nSPS) is 12.5. The molecule has 0 aliphatic rings. The number of ketones is 1. The molecule has 2 nitrogen and oxygen atoms in total. The van der Waals surface area contributed by atoms with Gasteiger partial charge in [-0.25, -0.2) is 0 Å². The van der Waals surface area contributed by atoms with Gasteiger partial charge in [-0.3, -0.25) is 4.79 Å². The second kappa shape index (κ2) is 5.80. The van der Waals surface area contributed by atoms with E-state index in [1.54, 1.807) is 19.1 Å².